The zero-order valence-electron chi connectivity index (χ0n) is 15.0. The number of rotatable bonds is 4. The quantitative estimate of drug-likeness (QED) is 0.772. The van der Waals surface area contributed by atoms with Crippen molar-refractivity contribution in [1.29, 1.82) is 0 Å². The molecule has 3 aromatic rings. The molecule has 1 atom stereocenters. The van der Waals surface area contributed by atoms with Gasteiger partial charge >= 0.3 is 6.03 Å². The van der Waals surface area contributed by atoms with Crippen LogP contribution in [0.1, 0.15) is 24.4 Å². The number of urea groups is 1. The van der Waals surface area contributed by atoms with Gasteiger partial charge < -0.3 is 10.2 Å². The summed E-state index contributed by atoms with van der Waals surface area (Å²) in [5, 5.41) is 2.90. The van der Waals surface area contributed by atoms with E-state index in [2.05, 4.69) is 20.3 Å². The number of aryl methyl sites for hydroxylation is 1. The molecule has 1 N–H and O–H groups in total. The van der Waals surface area contributed by atoms with Crippen LogP contribution in [0.15, 0.2) is 60.9 Å². The summed E-state index contributed by atoms with van der Waals surface area (Å²) < 4.78 is 0. The average molecular weight is 347 g/mol. The number of benzene rings is 1. The molecule has 2 heterocycles. The smallest absolute Gasteiger partial charge is 0.319 e. The van der Waals surface area contributed by atoms with Crippen LogP contribution < -0.4 is 5.32 Å². The zero-order chi connectivity index (χ0) is 18.5. The van der Waals surface area contributed by atoms with Crippen LogP contribution in [-0.2, 0) is 0 Å². The molecular weight excluding hydrogens is 326 g/mol. The Kier molecular flexibility index (Phi) is 5.22. The number of hydrogen-bond donors (Lipinski definition) is 1. The molecule has 0 radical (unpaired) electrons. The topological polar surface area (TPSA) is 71.0 Å². The van der Waals surface area contributed by atoms with Gasteiger partial charge in [0.15, 0.2) is 5.82 Å². The van der Waals surface area contributed by atoms with E-state index in [0.29, 0.717) is 11.5 Å². The molecular formula is C20H21N5O. The molecule has 26 heavy (non-hydrogen) atoms. The van der Waals surface area contributed by atoms with Gasteiger partial charge in [0.1, 0.15) is 0 Å². The molecule has 3 rings (SSSR count). The number of pyridine rings is 1. The van der Waals surface area contributed by atoms with Crippen LogP contribution in [0.3, 0.4) is 0 Å². The van der Waals surface area contributed by atoms with E-state index in [4.69, 9.17) is 0 Å². The van der Waals surface area contributed by atoms with Crippen LogP contribution in [0.25, 0.3) is 11.4 Å². The van der Waals surface area contributed by atoms with Crippen LogP contribution in [0.4, 0.5) is 10.5 Å². The van der Waals surface area contributed by atoms with Crippen molar-refractivity contribution in [3.05, 3.63) is 72.3 Å². The summed E-state index contributed by atoms with van der Waals surface area (Å²) in [5.41, 5.74) is 3.38. The molecule has 2 amide bonds. The molecule has 0 unspecified atom stereocenters. The fourth-order valence-electron chi connectivity index (χ4n) is 2.50. The summed E-state index contributed by atoms with van der Waals surface area (Å²) in [6, 6.07) is 14.7. The molecule has 6 heteroatoms. The van der Waals surface area contributed by atoms with Crippen molar-refractivity contribution in [3.8, 4) is 11.4 Å². The first-order valence-electron chi connectivity index (χ1n) is 8.39. The summed E-state index contributed by atoms with van der Waals surface area (Å²) in [7, 11) is 1.75. The third-order valence-corrected chi connectivity index (χ3v) is 4.21. The molecule has 1 aromatic carbocycles. The normalized spacial score (nSPS) is 11.7. The van der Waals surface area contributed by atoms with E-state index in [-0.39, 0.29) is 12.1 Å². The fourth-order valence-corrected chi connectivity index (χ4v) is 2.50. The summed E-state index contributed by atoms with van der Waals surface area (Å²) in [6.07, 6.45) is 3.46. The summed E-state index contributed by atoms with van der Waals surface area (Å²) in [6.45, 7) is 3.87. The maximum absolute atomic E-state index is 12.5. The van der Waals surface area contributed by atoms with Gasteiger partial charge in [-0.25, -0.2) is 14.8 Å². The van der Waals surface area contributed by atoms with Crippen LogP contribution in [0, 0.1) is 6.92 Å². The SMILES string of the molecule is Cc1ccnc(-c2ccc(NC(=O)N(C)[C@@H](C)c3ccccn3)cc2)n1. The molecule has 0 aliphatic rings. The number of carbonyl (C=O) groups is 1. The minimum Gasteiger partial charge on any atom is -0.319 e. The third kappa shape index (κ3) is 4.03. The molecule has 2 aromatic heterocycles. The predicted octanol–water partition coefficient (Wildman–Crippen LogP) is 4.07. The maximum atomic E-state index is 12.5. The molecule has 0 aliphatic carbocycles. The molecule has 0 saturated heterocycles. The van der Waals surface area contributed by atoms with E-state index in [0.717, 1.165) is 17.0 Å². The number of aromatic nitrogens is 3. The lowest BCUT2D eigenvalue weighted by atomic mass is 10.2. The van der Waals surface area contributed by atoms with E-state index in [1.54, 1.807) is 24.3 Å². The summed E-state index contributed by atoms with van der Waals surface area (Å²) in [5.74, 6) is 0.670. The number of nitrogens with one attached hydrogen (secondary N) is 1. The highest BCUT2D eigenvalue weighted by Crippen LogP contribution is 2.20. The lowest BCUT2D eigenvalue weighted by Gasteiger charge is -2.24. The molecule has 0 bridgehead atoms. The third-order valence-electron chi connectivity index (χ3n) is 4.21. The number of nitrogens with zero attached hydrogens (tertiary/aromatic N) is 4. The van der Waals surface area contributed by atoms with Gasteiger partial charge in [-0.15, -0.1) is 0 Å². The van der Waals surface area contributed by atoms with Crippen molar-refractivity contribution in [1.82, 2.24) is 19.9 Å². The largest absolute Gasteiger partial charge is 0.322 e. The minimum atomic E-state index is -0.192. The lowest BCUT2D eigenvalue weighted by molar-refractivity contribution is 0.207. The lowest BCUT2D eigenvalue weighted by Crippen LogP contribution is -2.33. The summed E-state index contributed by atoms with van der Waals surface area (Å²) in [4.78, 5) is 27.1. The van der Waals surface area contributed by atoms with Gasteiger partial charge in [0, 0.05) is 36.4 Å². The van der Waals surface area contributed by atoms with Gasteiger partial charge in [-0.2, -0.15) is 0 Å². The second-order valence-corrected chi connectivity index (χ2v) is 6.07. The number of amides is 2. The van der Waals surface area contributed by atoms with Crippen molar-refractivity contribution in [3.63, 3.8) is 0 Å². The standard InChI is InChI=1S/C20H21N5O/c1-14-11-13-22-19(23-14)16-7-9-17(10-8-16)24-20(26)25(3)15(2)18-6-4-5-12-21-18/h4-13,15H,1-3H3,(H,24,26)/t15-/m0/s1. The monoisotopic (exact) mass is 347 g/mol. The average Bonchev–Trinajstić information content (AvgIpc) is 2.68. The van der Waals surface area contributed by atoms with Crippen molar-refractivity contribution < 1.29 is 4.79 Å². The highest BCUT2D eigenvalue weighted by molar-refractivity contribution is 5.89. The van der Waals surface area contributed by atoms with Crippen LogP contribution >= 0.6 is 0 Å². The molecule has 0 aliphatic heterocycles. The molecule has 0 spiro atoms. The Labute approximate surface area is 153 Å². The predicted molar refractivity (Wildman–Crippen MR) is 102 cm³/mol. The maximum Gasteiger partial charge on any atom is 0.322 e. The van der Waals surface area contributed by atoms with E-state index in [1.807, 2.05) is 62.4 Å². The van der Waals surface area contributed by atoms with Gasteiger partial charge in [0.2, 0.25) is 0 Å². The molecule has 6 nitrogen and oxygen atoms in total. The van der Waals surface area contributed by atoms with E-state index in [1.165, 1.54) is 0 Å². The fraction of sp³-hybridized carbons (Fsp3) is 0.200. The number of hydrogen-bond acceptors (Lipinski definition) is 4. The van der Waals surface area contributed by atoms with Gasteiger partial charge in [-0.05, 0) is 56.3 Å². The van der Waals surface area contributed by atoms with E-state index >= 15 is 0 Å². The highest BCUT2D eigenvalue weighted by atomic mass is 16.2. The first-order chi connectivity index (χ1) is 12.5. The first-order valence-corrected chi connectivity index (χ1v) is 8.39. The Morgan fingerprint density at radius 2 is 1.81 bits per heavy atom. The van der Waals surface area contributed by atoms with E-state index in [9.17, 15) is 4.79 Å². The van der Waals surface area contributed by atoms with Gasteiger partial charge in [0.05, 0.1) is 11.7 Å². The molecule has 132 valence electrons. The van der Waals surface area contributed by atoms with Crippen LogP contribution in [-0.4, -0.2) is 32.9 Å². The number of carbonyl (C=O) groups excluding carboxylic acids is 1. The van der Waals surface area contributed by atoms with Gasteiger partial charge in [-0.1, -0.05) is 6.07 Å². The Balaban J connectivity index is 1.68. The van der Waals surface area contributed by atoms with Crippen LogP contribution in [0.5, 0.6) is 0 Å². The zero-order valence-corrected chi connectivity index (χ0v) is 15.0. The number of anilines is 1. The molecule has 0 fully saturated rings. The Morgan fingerprint density at radius 1 is 1.04 bits per heavy atom. The Hall–Kier alpha value is -3.28. The second kappa shape index (κ2) is 7.74. The van der Waals surface area contributed by atoms with Crippen molar-refractivity contribution in [2.75, 3.05) is 12.4 Å². The van der Waals surface area contributed by atoms with Crippen LogP contribution in [0.2, 0.25) is 0 Å². The van der Waals surface area contributed by atoms with Crippen molar-refractivity contribution >= 4 is 11.7 Å². The molecule has 0 saturated carbocycles. The minimum absolute atomic E-state index is 0.129. The van der Waals surface area contributed by atoms with E-state index < -0.39 is 0 Å². The Bertz CT molecular complexity index is 880. The highest BCUT2D eigenvalue weighted by Gasteiger charge is 2.18. The van der Waals surface area contributed by atoms with Crippen molar-refractivity contribution in [2.24, 2.45) is 0 Å². The van der Waals surface area contributed by atoms with Crippen molar-refractivity contribution in [2.45, 2.75) is 19.9 Å². The summed E-state index contributed by atoms with van der Waals surface area (Å²) >= 11 is 0. The van der Waals surface area contributed by atoms with Gasteiger partial charge in [-0.3, -0.25) is 4.98 Å². The first kappa shape index (κ1) is 17.5. The second-order valence-electron chi connectivity index (χ2n) is 6.07. The Morgan fingerprint density at radius 3 is 2.46 bits per heavy atom. The van der Waals surface area contributed by atoms with Gasteiger partial charge in [0.25, 0.3) is 0 Å².